The summed E-state index contributed by atoms with van der Waals surface area (Å²) in [6, 6.07) is 4.60. The number of piperidine rings is 1. The molecule has 3 aromatic rings. The van der Waals surface area contributed by atoms with E-state index in [-0.39, 0.29) is 17.2 Å². The second-order valence-corrected chi connectivity index (χ2v) is 7.17. The van der Waals surface area contributed by atoms with Crippen molar-refractivity contribution in [2.24, 2.45) is 5.73 Å². The maximum Gasteiger partial charge on any atom is 0.431 e. The summed E-state index contributed by atoms with van der Waals surface area (Å²) in [4.78, 5) is 19.3. The number of allylic oxidation sites excluding steroid dienone is 2. The van der Waals surface area contributed by atoms with Crippen LogP contribution in [0.1, 0.15) is 35.3 Å². The number of hydrogen-bond donors (Lipinski definition) is 3. The van der Waals surface area contributed by atoms with Crippen molar-refractivity contribution in [1.29, 1.82) is 5.41 Å². The van der Waals surface area contributed by atoms with E-state index in [1.54, 1.807) is 23.2 Å². The molecule has 3 heterocycles. The fourth-order valence-corrected chi connectivity index (χ4v) is 3.77. The van der Waals surface area contributed by atoms with E-state index in [2.05, 4.69) is 15.2 Å². The number of halogens is 3. The third kappa shape index (κ3) is 3.38. The molecule has 1 saturated heterocycles. The lowest BCUT2D eigenvalue weighted by atomic mass is 9.99. The minimum absolute atomic E-state index is 0.171. The van der Waals surface area contributed by atoms with Gasteiger partial charge in [-0.3, -0.25) is 9.89 Å². The van der Waals surface area contributed by atoms with Crippen LogP contribution in [0.4, 0.5) is 13.2 Å². The van der Waals surface area contributed by atoms with Gasteiger partial charge in [0, 0.05) is 35.6 Å². The lowest BCUT2D eigenvalue weighted by Crippen LogP contribution is -2.35. The van der Waals surface area contributed by atoms with Gasteiger partial charge in [0.1, 0.15) is 5.70 Å². The van der Waals surface area contributed by atoms with Crippen molar-refractivity contribution in [3.05, 3.63) is 41.4 Å². The largest absolute Gasteiger partial charge is 0.431 e. The number of H-pyrrole nitrogens is 1. The SMILES string of the molecule is N=CC(=C(N)C(F)(F)F)c1cc(C(=O)N2CCCCC2)c2c(ccc3[nH]ncc32)n1. The molecule has 0 bridgehead atoms. The molecule has 30 heavy (non-hydrogen) atoms. The Kier molecular flexibility index (Phi) is 4.92. The number of amides is 1. The molecule has 0 aliphatic carbocycles. The first-order chi connectivity index (χ1) is 14.3. The van der Waals surface area contributed by atoms with Gasteiger partial charge < -0.3 is 16.0 Å². The zero-order valence-electron chi connectivity index (χ0n) is 15.9. The quantitative estimate of drug-likeness (QED) is 0.566. The molecule has 0 unspecified atom stereocenters. The average molecular weight is 416 g/mol. The Hall–Kier alpha value is -3.43. The van der Waals surface area contributed by atoms with Crippen LogP contribution in [0.15, 0.2) is 30.1 Å². The van der Waals surface area contributed by atoms with Crippen LogP contribution in [0.2, 0.25) is 0 Å². The molecular weight excluding hydrogens is 397 g/mol. The highest BCUT2D eigenvalue weighted by molar-refractivity contribution is 6.18. The number of rotatable bonds is 3. The first kappa shape index (κ1) is 19.9. The van der Waals surface area contributed by atoms with Crippen molar-refractivity contribution in [1.82, 2.24) is 20.1 Å². The van der Waals surface area contributed by atoms with Gasteiger partial charge in [0.15, 0.2) is 0 Å². The van der Waals surface area contributed by atoms with Crippen molar-refractivity contribution in [2.75, 3.05) is 13.1 Å². The predicted octanol–water partition coefficient (Wildman–Crippen LogP) is 3.62. The Morgan fingerprint density at radius 1 is 1.23 bits per heavy atom. The molecule has 0 spiro atoms. The summed E-state index contributed by atoms with van der Waals surface area (Å²) in [5, 5.41) is 15.5. The number of hydrogen-bond acceptors (Lipinski definition) is 5. The van der Waals surface area contributed by atoms with Gasteiger partial charge in [0.2, 0.25) is 0 Å². The Balaban J connectivity index is 2.00. The van der Waals surface area contributed by atoms with E-state index < -0.39 is 17.4 Å². The zero-order valence-corrected chi connectivity index (χ0v) is 15.9. The number of carbonyl (C=O) groups is 1. The van der Waals surface area contributed by atoms with Crippen LogP contribution in [0.25, 0.3) is 27.4 Å². The van der Waals surface area contributed by atoms with E-state index in [0.717, 1.165) is 19.3 Å². The van der Waals surface area contributed by atoms with Crippen molar-refractivity contribution in [3.63, 3.8) is 0 Å². The second kappa shape index (κ2) is 7.43. The van der Waals surface area contributed by atoms with Crippen molar-refractivity contribution in [3.8, 4) is 0 Å². The summed E-state index contributed by atoms with van der Waals surface area (Å²) in [5.74, 6) is -0.285. The average Bonchev–Trinajstić information content (AvgIpc) is 3.22. The molecule has 4 rings (SSSR count). The standard InChI is InChI=1S/C20H19F3N6O/c21-20(22,23)18(25)12(9-24)16-8-11(19(30)29-6-2-1-3-7-29)17-13-10-26-28-14(13)4-5-15(17)27-16/h4-5,8-10,24H,1-3,6-7,25H2,(H,26,28). The third-order valence-electron chi connectivity index (χ3n) is 5.28. The van der Waals surface area contributed by atoms with Gasteiger partial charge in [-0.15, -0.1) is 0 Å². The summed E-state index contributed by atoms with van der Waals surface area (Å²) < 4.78 is 39.6. The molecule has 0 radical (unpaired) electrons. The Bertz CT molecular complexity index is 1170. The van der Waals surface area contributed by atoms with E-state index in [1.165, 1.54) is 6.07 Å². The first-order valence-electron chi connectivity index (χ1n) is 9.45. The van der Waals surface area contributed by atoms with E-state index >= 15 is 0 Å². The summed E-state index contributed by atoms with van der Waals surface area (Å²) in [5.41, 5.74) is 4.33. The lowest BCUT2D eigenvalue weighted by molar-refractivity contribution is -0.0919. The van der Waals surface area contributed by atoms with Gasteiger partial charge in [-0.05, 0) is 37.5 Å². The highest BCUT2D eigenvalue weighted by Crippen LogP contribution is 2.32. The van der Waals surface area contributed by atoms with E-state index in [4.69, 9.17) is 11.1 Å². The second-order valence-electron chi connectivity index (χ2n) is 7.17. The minimum atomic E-state index is -4.82. The van der Waals surface area contributed by atoms with Crippen LogP contribution in [0, 0.1) is 5.41 Å². The van der Waals surface area contributed by atoms with Crippen molar-refractivity contribution >= 4 is 39.5 Å². The molecule has 1 aliphatic rings. The Morgan fingerprint density at radius 3 is 2.63 bits per heavy atom. The number of carbonyl (C=O) groups excluding carboxylic acids is 1. The molecule has 1 fully saturated rings. The van der Waals surface area contributed by atoms with E-state index in [1.807, 2.05) is 0 Å². The topological polar surface area (TPSA) is 112 Å². The zero-order chi connectivity index (χ0) is 21.5. The van der Waals surface area contributed by atoms with Gasteiger partial charge in [-0.2, -0.15) is 18.3 Å². The van der Waals surface area contributed by atoms with Gasteiger partial charge in [-0.1, -0.05) is 0 Å². The number of nitrogens with two attached hydrogens (primary N) is 1. The summed E-state index contributed by atoms with van der Waals surface area (Å²) in [6.07, 6.45) is 0.0206. The van der Waals surface area contributed by atoms with Crippen LogP contribution in [0.3, 0.4) is 0 Å². The number of nitrogens with zero attached hydrogens (tertiary/aromatic N) is 3. The Morgan fingerprint density at radius 2 is 1.97 bits per heavy atom. The van der Waals surface area contributed by atoms with Crippen molar-refractivity contribution < 1.29 is 18.0 Å². The van der Waals surface area contributed by atoms with Crippen LogP contribution >= 0.6 is 0 Å². The molecule has 1 aromatic carbocycles. The maximum absolute atomic E-state index is 13.4. The number of benzene rings is 1. The first-order valence-corrected chi connectivity index (χ1v) is 9.45. The number of nitrogens with one attached hydrogen (secondary N) is 2. The molecule has 10 heteroatoms. The fourth-order valence-electron chi connectivity index (χ4n) is 3.77. The normalized spacial score (nSPS) is 16.0. The van der Waals surface area contributed by atoms with Gasteiger partial charge in [0.25, 0.3) is 5.91 Å². The van der Waals surface area contributed by atoms with E-state index in [0.29, 0.717) is 41.1 Å². The summed E-state index contributed by atoms with van der Waals surface area (Å²) in [6.45, 7) is 1.16. The molecular formula is C20H19F3N6O. The molecule has 0 atom stereocenters. The molecule has 4 N–H and O–H groups in total. The molecule has 0 saturated carbocycles. The number of aromatic nitrogens is 3. The molecule has 2 aromatic heterocycles. The summed E-state index contributed by atoms with van der Waals surface area (Å²) in [7, 11) is 0. The Labute approximate surface area is 169 Å². The van der Waals surface area contributed by atoms with E-state index in [9.17, 15) is 18.0 Å². The fraction of sp³-hybridized carbons (Fsp3) is 0.300. The van der Waals surface area contributed by atoms with Crippen LogP contribution in [0.5, 0.6) is 0 Å². The maximum atomic E-state index is 13.4. The van der Waals surface area contributed by atoms with Gasteiger partial charge >= 0.3 is 6.18 Å². The third-order valence-corrected chi connectivity index (χ3v) is 5.28. The number of likely N-dealkylation sites (tertiary alicyclic amines) is 1. The highest BCUT2D eigenvalue weighted by Gasteiger charge is 2.35. The number of alkyl halides is 3. The minimum Gasteiger partial charge on any atom is -0.394 e. The molecule has 7 nitrogen and oxygen atoms in total. The molecule has 1 aliphatic heterocycles. The smallest absolute Gasteiger partial charge is 0.394 e. The van der Waals surface area contributed by atoms with Crippen molar-refractivity contribution in [2.45, 2.75) is 25.4 Å². The predicted molar refractivity (Wildman–Crippen MR) is 107 cm³/mol. The van der Waals surface area contributed by atoms with Gasteiger partial charge in [0.05, 0.1) is 28.5 Å². The van der Waals surface area contributed by atoms with Gasteiger partial charge in [-0.25, -0.2) is 4.98 Å². The monoisotopic (exact) mass is 416 g/mol. The van der Waals surface area contributed by atoms with Crippen LogP contribution < -0.4 is 5.73 Å². The molecule has 1 amide bonds. The number of pyridine rings is 1. The highest BCUT2D eigenvalue weighted by atomic mass is 19.4. The number of fused-ring (bicyclic) bond motifs is 3. The number of aromatic amines is 1. The lowest BCUT2D eigenvalue weighted by Gasteiger charge is -2.27. The van der Waals surface area contributed by atoms with Crippen LogP contribution in [-0.4, -0.2) is 51.5 Å². The van der Waals surface area contributed by atoms with Crippen LogP contribution in [-0.2, 0) is 0 Å². The summed E-state index contributed by atoms with van der Waals surface area (Å²) >= 11 is 0. The molecule has 156 valence electrons.